The highest BCUT2D eigenvalue weighted by molar-refractivity contribution is 5.90. The summed E-state index contributed by atoms with van der Waals surface area (Å²) in [5.41, 5.74) is 8.81. The topological polar surface area (TPSA) is 51.4 Å². The molecule has 1 aromatic heterocycles. The number of pyridine rings is 1. The minimum Gasteiger partial charge on any atom is -0.398 e. The van der Waals surface area contributed by atoms with Gasteiger partial charge in [0, 0.05) is 30.8 Å². The van der Waals surface area contributed by atoms with Crippen LogP contribution in [0.2, 0.25) is 0 Å². The van der Waals surface area contributed by atoms with E-state index in [0.29, 0.717) is 0 Å². The predicted octanol–water partition coefficient (Wildman–Crippen LogP) is 2.29. The van der Waals surface area contributed by atoms with Gasteiger partial charge < -0.3 is 10.5 Å². The van der Waals surface area contributed by atoms with Gasteiger partial charge >= 0.3 is 0 Å². The summed E-state index contributed by atoms with van der Waals surface area (Å²) in [7, 11) is 2.06. The zero-order chi connectivity index (χ0) is 13.7. The maximum Gasteiger partial charge on any atom is 0.0726 e. The minimum atomic E-state index is 0.746. The number of rotatable bonds is 6. The van der Waals surface area contributed by atoms with Gasteiger partial charge in [-0.1, -0.05) is 18.2 Å². The molecule has 2 aromatic rings. The summed E-state index contributed by atoms with van der Waals surface area (Å²) in [4.78, 5) is 6.83. The molecule has 4 heteroatoms. The largest absolute Gasteiger partial charge is 0.398 e. The number of likely N-dealkylation sites (N-methyl/N-ethyl adjacent to an activating group) is 1. The van der Waals surface area contributed by atoms with Gasteiger partial charge in [0.2, 0.25) is 0 Å². The van der Waals surface area contributed by atoms with Gasteiger partial charge in [0.1, 0.15) is 0 Å². The summed E-state index contributed by atoms with van der Waals surface area (Å²) < 4.78 is 5.35. The lowest BCUT2D eigenvalue weighted by Crippen LogP contribution is -2.23. The van der Waals surface area contributed by atoms with E-state index in [4.69, 9.17) is 10.5 Å². The fourth-order valence-corrected chi connectivity index (χ4v) is 2.06. The van der Waals surface area contributed by atoms with Crippen LogP contribution in [0.15, 0.2) is 30.3 Å². The highest BCUT2D eigenvalue weighted by atomic mass is 16.5. The zero-order valence-electron chi connectivity index (χ0n) is 11.6. The maximum atomic E-state index is 6.07. The lowest BCUT2D eigenvalue weighted by atomic mass is 10.1. The molecule has 0 spiro atoms. The molecule has 1 aromatic carbocycles. The van der Waals surface area contributed by atoms with E-state index in [9.17, 15) is 0 Å². The Kier molecular flexibility index (Phi) is 4.71. The molecule has 2 rings (SSSR count). The molecule has 0 saturated carbocycles. The Morgan fingerprint density at radius 1 is 1.32 bits per heavy atom. The Morgan fingerprint density at radius 3 is 2.89 bits per heavy atom. The van der Waals surface area contributed by atoms with Crippen LogP contribution in [0, 0.1) is 0 Å². The number of aromatic nitrogens is 1. The number of nitrogens with two attached hydrogens (primary N) is 1. The van der Waals surface area contributed by atoms with Crippen molar-refractivity contribution in [3.05, 3.63) is 36.0 Å². The number of anilines is 1. The number of hydrogen-bond acceptors (Lipinski definition) is 4. The summed E-state index contributed by atoms with van der Waals surface area (Å²) >= 11 is 0. The summed E-state index contributed by atoms with van der Waals surface area (Å²) in [5, 5.41) is 1.02. The standard InChI is InChI=1S/C15H21N3O/c1-3-19-9-8-18(2)11-12-10-14(16)13-6-4-5-7-15(13)17-12/h4-7,10H,3,8-9,11H2,1-2H3,(H2,16,17). The first-order chi connectivity index (χ1) is 9.20. The lowest BCUT2D eigenvalue weighted by molar-refractivity contribution is 0.120. The third-order valence-corrected chi connectivity index (χ3v) is 3.05. The molecule has 0 amide bonds. The van der Waals surface area contributed by atoms with E-state index in [2.05, 4.69) is 16.9 Å². The summed E-state index contributed by atoms with van der Waals surface area (Å²) in [6.07, 6.45) is 0. The molecule has 19 heavy (non-hydrogen) atoms. The summed E-state index contributed by atoms with van der Waals surface area (Å²) in [6, 6.07) is 9.92. The molecule has 1 heterocycles. The van der Waals surface area contributed by atoms with Crippen LogP contribution in [0.1, 0.15) is 12.6 Å². The molecule has 0 radical (unpaired) electrons. The molecular weight excluding hydrogens is 238 g/mol. The maximum absolute atomic E-state index is 6.07. The highest BCUT2D eigenvalue weighted by Crippen LogP contribution is 2.20. The Labute approximate surface area is 114 Å². The van der Waals surface area contributed by atoms with E-state index in [0.717, 1.165) is 48.6 Å². The fourth-order valence-electron chi connectivity index (χ4n) is 2.06. The van der Waals surface area contributed by atoms with E-state index >= 15 is 0 Å². The van der Waals surface area contributed by atoms with Crippen molar-refractivity contribution in [2.75, 3.05) is 32.5 Å². The van der Waals surface area contributed by atoms with Gasteiger partial charge in [0.05, 0.1) is 17.8 Å². The molecule has 0 bridgehead atoms. The molecule has 0 saturated heterocycles. The third kappa shape index (κ3) is 3.66. The molecule has 4 nitrogen and oxygen atoms in total. The van der Waals surface area contributed by atoms with Crippen LogP contribution in [0.3, 0.4) is 0 Å². The third-order valence-electron chi connectivity index (χ3n) is 3.05. The number of ether oxygens (including phenoxy) is 1. The SMILES string of the molecule is CCOCCN(C)Cc1cc(N)c2ccccc2n1. The van der Waals surface area contributed by atoms with Crippen molar-refractivity contribution in [3.63, 3.8) is 0 Å². The number of nitrogens with zero attached hydrogens (tertiary/aromatic N) is 2. The average molecular weight is 259 g/mol. The Bertz CT molecular complexity index is 542. The quantitative estimate of drug-likeness (QED) is 0.809. The number of para-hydroxylation sites is 1. The predicted molar refractivity (Wildman–Crippen MR) is 79.0 cm³/mol. The smallest absolute Gasteiger partial charge is 0.0726 e. The van der Waals surface area contributed by atoms with Crippen molar-refractivity contribution >= 4 is 16.6 Å². The molecule has 0 aliphatic carbocycles. The zero-order valence-corrected chi connectivity index (χ0v) is 11.6. The number of benzene rings is 1. The van der Waals surface area contributed by atoms with Gasteiger partial charge in [-0.05, 0) is 26.1 Å². The lowest BCUT2D eigenvalue weighted by Gasteiger charge is -2.16. The second-order valence-electron chi connectivity index (χ2n) is 4.65. The molecule has 0 atom stereocenters. The first-order valence-electron chi connectivity index (χ1n) is 6.61. The number of fused-ring (bicyclic) bond motifs is 1. The van der Waals surface area contributed by atoms with Crippen LogP contribution in [-0.2, 0) is 11.3 Å². The van der Waals surface area contributed by atoms with Crippen LogP contribution >= 0.6 is 0 Å². The van der Waals surface area contributed by atoms with E-state index < -0.39 is 0 Å². The van der Waals surface area contributed by atoms with Gasteiger partial charge in [-0.15, -0.1) is 0 Å². The van der Waals surface area contributed by atoms with Crippen LogP contribution in [0.25, 0.3) is 10.9 Å². The van der Waals surface area contributed by atoms with E-state index in [1.165, 1.54) is 0 Å². The van der Waals surface area contributed by atoms with Crippen LogP contribution < -0.4 is 5.73 Å². The second kappa shape index (κ2) is 6.50. The van der Waals surface area contributed by atoms with E-state index in [1.54, 1.807) is 0 Å². The first kappa shape index (κ1) is 13.8. The van der Waals surface area contributed by atoms with Gasteiger partial charge in [0.15, 0.2) is 0 Å². The Morgan fingerprint density at radius 2 is 2.11 bits per heavy atom. The van der Waals surface area contributed by atoms with Crippen molar-refractivity contribution in [2.24, 2.45) is 0 Å². The van der Waals surface area contributed by atoms with Crippen molar-refractivity contribution < 1.29 is 4.74 Å². The van der Waals surface area contributed by atoms with Gasteiger partial charge in [-0.25, -0.2) is 0 Å². The molecule has 102 valence electrons. The number of nitrogen functional groups attached to an aromatic ring is 1. The molecule has 0 aliphatic heterocycles. The minimum absolute atomic E-state index is 0.746. The van der Waals surface area contributed by atoms with E-state index in [1.807, 2.05) is 37.3 Å². The normalized spacial score (nSPS) is 11.3. The highest BCUT2D eigenvalue weighted by Gasteiger charge is 2.05. The average Bonchev–Trinajstić information content (AvgIpc) is 2.39. The molecule has 2 N–H and O–H groups in total. The van der Waals surface area contributed by atoms with Crippen LogP contribution in [0.4, 0.5) is 5.69 Å². The van der Waals surface area contributed by atoms with Crippen molar-refractivity contribution in [1.82, 2.24) is 9.88 Å². The monoisotopic (exact) mass is 259 g/mol. The van der Waals surface area contributed by atoms with Gasteiger partial charge in [-0.3, -0.25) is 9.88 Å². The van der Waals surface area contributed by atoms with Gasteiger partial charge in [-0.2, -0.15) is 0 Å². The molecular formula is C15H21N3O. The van der Waals surface area contributed by atoms with Crippen molar-refractivity contribution in [1.29, 1.82) is 0 Å². The van der Waals surface area contributed by atoms with Crippen LogP contribution in [0.5, 0.6) is 0 Å². The fraction of sp³-hybridized carbons (Fsp3) is 0.400. The number of hydrogen-bond donors (Lipinski definition) is 1. The first-order valence-corrected chi connectivity index (χ1v) is 6.61. The summed E-state index contributed by atoms with van der Waals surface area (Å²) in [6.45, 7) is 5.18. The van der Waals surface area contributed by atoms with Gasteiger partial charge in [0.25, 0.3) is 0 Å². The van der Waals surface area contributed by atoms with Crippen LogP contribution in [-0.4, -0.2) is 36.7 Å². The van der Waals surface area contributed by atoms with Crippen molar-refractivity contribution in [3.8, 4) is 0 Å². The second-order valence-corrected chi connectivity index (χ2v) is 4.65. The molecule has 0 aliphatic rings. The summed E-state index contributed by atoms with van der Waals surface area (Å²) in [5.74, 6) is 0. The van der Waals surface area contributed by atoms with Crippen molar-refractivity contribution in [2.45, 2.75) is 13.5 Å². The van der Waals surface area contributed by atoms with E-state index in [-0.39, 0.29) is 0 Å². The molecule has 0 unspecified atom stereocenters. The molecule has 0 fully saturated rings. The Balaban J connectivity index is 2.08. The Hall–Kier alpha value is -1.65.